The molecule has 0 saturated carbocycles. The third kappa shape index (κ3) is 3.85. The van der Waals surface area contributed by atoms with Crippen LogP contribution in [0.25, 0.3) is 0 Å². The molecule has 0 aromatic heterocycles. The van der Waals surface area contributed by atoms with E-state index in [0.29, 0.717) is 11.3 Å². The molecule has 0 amide bonds. The lowest BCUT2D eigenvalue weighted by Crippen LogP contribution is -2.32. The fourth-order valence-corrected chi connectivity index (χ4v) is 3.39. The second kappa shape index (κ2) is 7.37. The summed E-state index contributed by atoms with van der Waals surface area (Å²) in [7, 11) is 2.06. The topological polar surface area (TPSA) is 12.0 Å². The minimum absolute atomic E-state index is 0.444. The SMILES string of the molecule is CNC(Cc1ccccc1)C(SC)c1ccccc1. The van der Waals surface area contributed by atoms with E-state index in [-0.39, 0.29) is 0 Å². The molecule has 0 fully saturated rings. The third-order valence-corrected chi connectivity index (χ3v) is 4.53. The molecule has 0 spiro atoms. The highest BCUT2D eigenvalue weighted by Crippen LogP contribution is 2.31. The number of benzene rings is 2. The molecule has 0 radical (unpaired) electrons. The molecular formula is C17H21NS. The molecule has 2 heteroatoms. The van der Waals surface area contributed by atoms with Crippen LogP contribution in [0.5, 0.6) is 0 Å². The van der Waals surface area contributed by atoms with Crippen molar-refractivity contribution in [1.29, 1.82) is 0 Å². The van der Waals surface area contributed by atoms with Crippen LogP contribution in [-0.4, -0.2) is 19.3 Å². The summed E-state index contributed by atoms with van der Waals surface area (Å²) in [6, 6.07) is 21.9. The zero-order valence-electron chi connectivity index (χ0n) is 11.5. The van der Waals surface area contributed by atoms with Gasteiger partial charge in [0.2, 0.25) is 0 Å². The van der Waals surface area contributed by atoms with Gasteiger partial charge in [-0.2, -0.15) is 11.8 Å². The first kappa shape index (κ1) is 14.2. The van der Waals surface area contributed by atoms with Crippen molar-refractivity contribution in [3.8, 4) is 0 Å². The van der Waals surface area contributed by atoms with Crippen molar-refractivity contribution in [2.75, 3.05) is 13.3 Å². The molecule has 1 nitrogen and oxygen atoms in total. The van der Waals surface area contributed by atoms with Gasteiger partial charge in [0.1, 0.15) is 0 Å². The summed E-state index contributed by atoms with van der Waals surface area (Å²) < 4.78 is 0. The molecule has 1 N–H and O–H groups in total. The third-order valence-electron chi connectivity index (χ3n) is 3.42. The Balaban J connectivity index is 2.15. The largest absolute Gasteiger partial charge is 0.315 e. The molecule has 0 aliphatic rings. The van der Waals surface area contributed by atoms with Gasteiger partial charge >= 0.3 is 0 Å². The lowest BCUT2D eigenvalue weighted by atomic mass is 9.98. The summed E-state index contributed by atoms with van der Waals surface area (Å²) in [5, 5.41) is 3.96. The van der Waals surface area contributed by atoms with Crippen molar-refractivity contribution in [2.45, 2.75) is 17.7 Å². The molecular weight excluding hydrogens is 250 g/mol. The lowest BCUT2D eigenvalue weighted by molar-refractivity contribution is 0.548. The Labute approximate surface area is 120 Å². The monoisotopic (exact) mass is 271 g/mol. The molecule has 0 saturated heterocycles. The number of rotatable bonds is 6. The van der Waals surface area contributed by atoms with Crippen LogP contribution in [0, 0.1) is 0 Å². The Hall–Kier alpha value is -1.25. The molecule has 100 valence electrons. The van der Waals surface area contributed by atoms with Crippen molar-refractivity contribution in [3.63, 3.8) is 0 Å². The second-order valence-corrected chi connectivity index (χ2v) is 5.63. The molecule has 2 aromatic carbocycles. The van der Waals surface area contributed by atoms with Gasteiger partial charge < -0.3 is 5.32 Å². The highest BCUT2D eigenvalue weighted by atomic mass is 32.2. The maximum absolute atomic E-state index is 3.48. The number of hydrogen-bond acceptors (Lipinski definition) is 2. The van der Waals surface area contributed by atoms with Crippen molar-refractivity contribution in [3.05, 3.63) is 71.8 Å². The molecule has 2 atom stereocenters. The first-order valence-corrected chi connectivity index (χ1v) is 7.93. The predicted octanol–water partition coefficient (Wildman–Crippen LogP) is 3.92. The second-order valence-electron chi connectivity index (χ2n) is 4.65. The number of nitrogens with one attached hydrogen (secondary N) is 1. The van der Waals surface area contributed by atoms with E-state index in [9.17, 15) is 0 Å². The molecule has 0 aliphatic carbocycles. The molecule has 0 bridgehead atoms. The van der Waals surface area contributed by atoms with Gasteiger partial charge in [0, 0.05) is 11.3 Å². The summed E-state index contributed by atoms with van der Waals surface area (Å²) in [5.41, 5.74) is 2.78. The van der Waals surface area contributed by atoms with E-state index in [1.165, 1.54) is 11.1 Å². The van der Waals surface area contributed by atoms with Gasteiger partial charge in [-0.3, -0.25) is 0 Å². The van der Waals surface area contributed by atoms with E-state index in [4.69, 9.17) is 0 Å². The van der Waals surface area contributed by atoms with Gasteiger partial charge in [-0.1, -0.05) is 60.7 Å². The van der Waals surface area contributed by atoms with Gasteiger partial charge in [-0.15, -0.1) is 0 Å². The van der Waals surface area contributed by atoms with Crippen molar-refractivity contribution in [2.24, 2.45) is 0 Å². The minimum Gasteiger partial charge on any atom is -0.315 e. The zero-order chi connectivity index (χ0) is 13.5. The van der Waals surface area contributed by atoms with Crippen molar-refractivity contribution < 1.29 is 0 Å². The van der Waals surface area contributed by atoms with Crippen LogP contribution in [0.4, 0.5) is 0 Å². The normalized spacial score (nSPS) is 14.0. The van der Waals surface area contributed by atoms with Crippen LogP contribution in [0.1, 0.15) is 16.4 Å². The summed E-state index contributed by atoms with van der Waals surface area (Å²) in [5.74, 6) is 0. The van der Waals surface area contributed by atoms with Crippen LogP contribution in [0.3, 0.4) is 0 Å². The first-order valence-electron chi connectivity index (χ1n) is 6.64. The van der Waals surface area contributed by atoms with Crippen LogP contribution >= 0.6 is 11.8 Å². The first-order chi connectivity index (χ1) is 9.35. The quantitative estimate of drug-likeness (QED) is 0.854. The van der Waals surface area contributed by atoms with Crippen molar-refractivity contribution >= 4 is 11.8 Å². The number of likely N-dealkylation sites (N-methyl/N-ethyl adjacent to an activating group) is 1. The summed E-state index contributed by atoms with van der Waals surface area (Å²) in [6.07, 6.45) is 3.24. The van der Waals surface area contributed by atoms with Gasteiger partial charge in [-0.25, -0.2) is 0 Å². The highest BCUT2D eigenvalue weighted by molar-refractivity contribution is 7.98. The Bertz CT molecular complexity index is 469. The highest BCUT2D eigenvalue weighted by Gasteiger charge is 2.20. The van der Waals surface area contributed by atoms with Gasteiger partial charge in [-0.05, 0) is 30.9 Å². The van der Waals surface area contributed by atoms with Gasteiger partial charge in [0.25, 0.3) is 0 Å². The van der Waals surface area contributed by atoms with Gasteiger partial charge in [0.05, 0.1) is 0 Å². The van der Waals surface area contributed by atoms with Crippen LogP contribution < -0.4 is 5.32 Å². The van der Waals surface area contributed by atoms with E-state index >= 15 is 0 Å². The lowest BCUT2D eigenvalue weighted by Gasteiger charge is -2.26. The van der Waals surface area contributed by atoms with E-state index < -0.39 is 0 Å². The Kier molecular flexibility index (Phi) is 5.49. The fraction of sp³-hybridized carbons (Fsp3) is 0.294. The van der Waals surface area contributed by atoms with Crippen LogP contribution in [0.2, 0.25) is 0 Å². The van der Waals surface area contributed by atoms with E-state index in [1.807, 2.05) is 11.8 Å². The average molecular weight is 271 g/mol. The molecule has 2 aromatic rings. The summed E-state index contributed by atoms with van der Waals surface area (Å²) in [6.45, 7) is 0. The van der Waals surface area contributed by atoms with Crippen LogP contribution in [-0.2, 0) is 6.42 Å². The summed E-state index contributed by atoms with van der Waals surface area (Å²) in [4.78, 5) is 0. The minimum atomic E-state index is 0.444. The smallest absolute Gasteiger partial charge is 0.0450 e. The maximum atomic E-state index is 3.48. The summed E-state index contributed by atoms with van der Waals surface area (Å²) >= 11 is 1.91. The Morgan fingerprint density at radius 1 is 0.947 bits per heavy atom. The van der Waals surface area contributed by atoms with E-state index in [2.05, 4.69) is 79.3 Å². The molecule has 2 rings (SSSR count). The molecule has 2 unspecified atom stereocenters. The Morgan fingerprint density at radius 3 is 2.05 bits per heavy atom. The molecule has 0 heterocycles. The predicted molar refractivity (Wildman–Crippen MR) is 85.7 cm³/mol. The fourth-order valence-electron chi connectivity index (χ4n) is 2.40. The van der Waals surface area contributed by atoms with Gasteiger partial charge in [0.15, 0.2) is 0 Å². The van der Waals surface area contributed by atoms with E-state index in [0.717, 1.165) is 6.42 Å². The standard InChI is InChI=1S/C17H21NS/c1-18-16(13-14-9-5-3-6-10-14)17(19-2)15-11-7-4-8-12-15/h3-12,16-18H,13H2,1-2H3. The van der Waals surface area contributed by atoms with Crippen LogP contribution in [0.15, 0.2) is 60.7 Å². The van der Waals surface area contributed by atoms with Crippen molar-refractivity contribution in [1.82, 2.24) is 5.32 Å². The maximum Gasteiger partial charge on any atom is 0.0450 e. The number of hydrogen-bond donors (Lipinski definition) is 1. The molecule has 0 aliphatic heterocycles. The number of thioether (sulfide) groups is 1. The Morgan fingerprint density at radius 2 is 1.53 bits per heavy atom. The average Bonchev–Trinajstić information content (AvgIpc) is 2.49. The molecule has 19 heavy (non-hydrogen) atoms. The zero-order valence-corrected chi connectivity index (χ0v) is 12.4. The van der Waals surface area contributed by atoms with E-state index in [1.54, 1.807) is 0 Å².